The molecule has 0 amide bonds. The molecule has 1 nitrogen and oxygen atoms in total. The van der Waals surface area contributed by atoms with E-state index in [4.69, 9.17) is 11.6 Å². The van der Waals surface area contributed by atoms with E-state index in [-0.39, 0.29) is 0 Å². The van der Waals surface area contributed by atoms with Crippen molar-refractivity contribution < 1.29 is 0 Å². The van der Waals surface area contributed by atoms with Gasteiger partial charge in [-0.15, -0.1) is 0 Å². The summed E-state index contributed by atoms with van der Waals surface area (Å²) in [5.74, 6) is 0. The lowest BCUT2D eigenvalue weighted by molar-refractivity contribution is 0.359. The molecule has 0 aliphatic heterocycles. The molecule has 1 aromatic carbocycles. The van der Waals surface area contributed by atoms with Gasteiger partial charge in [0.25, 0.3) is 0 Å². The van der Waals surface area contributed by atoms with Crippen molar-refractivity contribution in [2.24, 2.45) is 5.41 Å². The maximum atomic E-state index is 5.85. The van der Waals surface area contributed by atoms with Gasteiger partial charge in [0.2, 0.25) is 0 Å². The molecule has 0 fully saturated rings. The number of halogens is 1. The first-order valence-electron chi connectivity index (χ1n) is 5.37. The van der Waals surface area contributed by atoms with Crippen LogP contribution in [0.25, 0.3) is 0 Å². The molecule has 1 N–H and O–H groups in total. The van der Waals surface area contributed by atoms with Crippen molar-refractivity contribution in [2.75, 3.05) is 6.54 Å². The van der Waals surface area contributed by atoms with Gasteiger partial charge >= 0.3 is 0 Å². The summed E-state index contributed by atoms with van der Waals surface area (Å²) in [6.45, 7) is 9.88. The predicted molar refractivity (Wildman–Crippen MR) is 67.3 cm³/mol. The second-order valence-electron chi connectivity index (χ2n) is 5.21. The van der Waals surface area contributed by atoms with E-state index in [1.165, 1.54) is 5.56 Å². The van der Waals surface area contributed by atoms with E-state index in [1.807, 2.05) is 12.1 Å². The molecule has 0 aliphatic carbocycles. The Hall–Kier alpha value is -0.530. The number of hydrogen-bond acceptors (Lipinski definition) is 1. The summed E-state index contributed by atoms with van der Waals surface area (Å²) in [7, 11) is 0. The average molecular weight is 226 g/mol. The van der Waals surface area contributed by atoms with Gasteiger partial charge in [-0.3, -0.25) is 0 Å². The van der Waals surface area contributed by atoms with Gasteiger partial charge in [-0.1, -0.05) is 44.5 Å². The van der Waals surface area contributed by atoms with E-state index in [9.17, 15) is 0 Å². The van der Waals surface area contributed by atoms with Crippen LogP contribution in [0.5, 0.6) is 0 Å². The summed E-state index contributed by atoms with van der Waals surface area (Å²) < 4.78 is 0. The molecule has 1 aromatic rings. The highest BCUT2D eigenvalue weighted by Crippen LogP contribution is 2.18. The quantitative estimate of drug-likeness (QED) is 0.819. The standard InChI is InChI=1S/C13H20ClN/c1-10(15-9-13(2,3)4)11-5-7-12(14)8-6-11/h5-8,10,15H,9H2,1-4H3/t10-/m0/s1. The zero-order valence-electron chi connectivity index (χ0n) is 9.97. The first-order chi connectivity index (χ1) is 6.88. The molecule has 0 aromatic heterocycles. The average Bonchev–Trinajstić information content (AvgIpc) is 2.14. The van der Waals surface area contributed by atoms with Gasteiger partial charge < -0.3 is 5.32 Å². The fourth-order valence-electron chi connectivity index (χ4n) is 1.33. The van der Waals surface area contributed by atoms with E-state index in [0.717, 1.165) is 11.6 Å². The molecule has 0 spiro atoms. The first kappa shape index (κ1) is 12.5. The zero-order valence-corrected chi connectivity index (χ0v) is 10.7. The summed E-state index contributed by atoms with van der Waals surface area (Å²) in [5.41, 5.74) is 1.60. The van der Waals surface area contributed by atoms with Crippen molar-refractivity contribution in [3.63, 3.8) is 0 Å². The molecule has 0 bridgehead atoms. The number of benzene rings is 1. The van der Waals surface area contributed by atoms with Gasteiger partial charge in [-0.25, -0.2) is 0 Å². The van der Waals surface area contributed by atoms with Crippen LogP contribution in [-0.2, 0) is 0 Å². The topological polar surface area (TPSA) is 12.0 Å². The van der Waals surface area contributed by atoms with Crippen LogP contribution >= 0.6 is 11.6 Å². The van der Waals surface area contributed by atoms with Crippen LogP contribution in [0, 0.1) is 5.41 Å². The van der Waals surface area contributed by atoms with Crippen LogP contribution in [0.4, 0.5) is 0 Å². The Labute approximate surface area is 97.8 Å². The second-order valence-corrected chi connectivity index (χ2v) is 5.65. The highest BCUT2D eigenvalue weighted by molar-refractivity contribution is 6.30. The molecular formula is C13H20ClN. The van der Waals surface area contributed by atoms with Crippen LogP contribution in [0.15, 0.2) is 24.3 Å². The SMILES string of the molecule is C[C@H](NCC(C)(C)C)c1ccc(Cl)cc1. The Kier molecular flexibility index (Phi) is 4.18. The van der Waals surface area contributed by atoms with E-state index in [1.54, 1.807) is 0 Å². The lowest BCUT2D eigenvalue weighted by Crippen LogP contribution is -2.29. The second kappa shape index (κ2) is 5.00. The van der Waals surface area contributed by atoms with Crippen molar-refractivity contribution in [1.29, 1.82) is 0 Å². The lowest BCUT2D eigenvalue weighted by Gasteiger charge is -2.22. The first-order valence-corrected chi connectivity index (χ1v) is 5.75. The molecule has 2 heteroatoms. The number of rotatable bonds is 3. The molecule has 0 radical (unpaired) electrons. The Morgan fingerprint density at radius 1 is 1.20 bits per heavy atom. The van der Waals surface area contributed by atoms with Crippen LogP contribution in [-0.4, -0.2) is 6.54 Å². The largest absolute Gasteiger partial charge is 0.310 e. The monoisotopic (exact) mass is 225 g/mol. The Bertz CT molecular complexity index is 297. The molecule has 0 saturated heterocycles. The number of nitrogens with one attached hydrogen (secondary N) is 1. The van der Waals surface area contributed by atoms with Crippen LogP contribution in [0.3, 0.4) is 0 Å². The third-order valence-electron chi connectivity index (χ3n) is 2.31. The molecule has 0 saturated carbocycles. The van der Waals surface area contributed by atoms with Gasteiger partial charge in [0, 0.05) is 17.6 Å². The normalized spacial score (nSPS) is 13.9. The molecule has 1 atom stereocenters. The summed E-state index contributed by atoms with van der Waals surface area (Å²) in [4.78, 5) is 0. The minimum absolute atomic E-state index is 0.320. The minimum atomic E-state index is 0.320. The van der Waals surface area contributed by atoms with Crippen LogP contribution in [0.2, 0.25) is 5.02 Å². The summed E-state index contributed by atoms with van der Waals surface area (Å²) >= 11 is 5.85. The van der Waals surface area contributed by atoms with Gasteiger partial charge in [0.1, 0.15) is 0 Å². The predicted octanol–water partition coefficient (Wildman–Crippen LogP) is 4.04. The zero-order chi connectivity index (χ0) is 11.5. The molecule has 0 aliphatic rings. The Morgan fingerprint density at radius 2 is 1.73 bits per heavy atom. The molecule has 0 unspecified atom stereocenters. The molecule has 1 rings (SSSR count). The third-order valence-corrected chi connectivity index (χ3v) is 2.56. The molecule has 0 heterocycles. The summed E-state index contributed by atoms with van der Waals surface area (Å²) in [5, 5.41) is 4.31. The van der Waals surface area contributed by atoms with E-state index in [0.29, 0.717) is 11.5 Å². The third kappa shape index (κ3) is 4.67. The highest BCUT2D eigenvalue weighted by Gasteiger charge is 2.12. The van der Waals surface area contributed by atoms with Crippen molar-refractivity contribution in [2.45, 2.75) is 33.7 Å². The van der Waals surface area contributed by atoms with Gasteiger partial charge in [0.05, 0.1) is 0 Å². The fourth-order valence-corrected chi connectivity index (χ4v) is 1.45. The maximum Gasteiger partial charge on any atom is 0.0406 e. The van der Waals surface area contributed by atoms with Crippen molar-refractivity contribution in [3.05, 3.63) is 34.9 Å². The smallest absolute Gasteiger partial charge is 0.0406 e. The number of hydrogen-bond donors (Lipinski definition) is 1. The highest BCUT2D eigenvalue weighted by atomic mass is 35.5. The fraction of sp³-hybridized carbons (Fsp3) is 0.538. The van der Waals surface area contributed by atoms with Crippen molar-refractivity contribution in [1.82, 2.24) is 5.32 Å². The maximum absolute atomic E-state index is 5.85. The molecule has 84 valence electrons. The van der Waals surface area contributed by atoms with Gasteiger partial charge in [-0.2, -0.15) is 0 Å². The van der Waals surface area contributed by atoms with Crippen molar-refractivity contribution in [3.8, 4) is 0 Å². The minimum Gasteiger partial charge on any atom is -0.310 e. The van der Waals surface area contributed by atoms with Gasteiger partial charge in [-0.05, 0) is 30.0 Å². The Balaban J connectivity index is 2.54. The summed E-state index contributed by atoms with van der Waals surface area (Å²) in [6.07, 6.45) is 0. The van der Waals surface area contributed by atoms with E-state index < -0.39 is 0 Å². The Morgan fingerprint density at radius 3 is 2.20 bits per heavy atom. The van der Waals surface area contributed by atoms with E-state index >= 15 is 0 Å². The lowest BCUT2D eigenvalue weighted by atomic mass is 9.96. The van der Waals surface area contributed by atoms with E-state index in [2.05, 4.69) is 45.1 Å². The van der Waals surface area contributed by atoms with Crippen LogP contribution in [0.1, 0.15) is 39.3 Å². The van der Waals surface area contributed by atoms with Crippen molar-refractivity contribution >= 4 is 11.6 Å². The van der Waals surface area contributed by atoms with Gasteiger partial charge in [0.15, 0.2) is 0 Å². The summed E-state index contributed by atoms with van der Waals surface area (Å²) in [6, 6.07) is 8.39. The van der Waals surface area contributed by atoms with Crippen LogP contribution < -0.4 is 5.32 Å². The molecule has 15 heavy (non-hydrogen) atoms. The molecular weight excluding hydrogens is 206 g/mol.